The first-order valence-corrected chi connectivity index (χ1v) is 7.83. The highest BCUT2D eigenvalue weighted by Crippen LogP contribution is 2.19. The number of sulfone groups is 2. The molecule has 0 aromatic rings. The van der Waals surface area contributed by atoms with Gasteiger partial charge in [0.2, 0.25) is 13.8 Å². The average molecular weight is 302 g/mol. The molecule has 1 aliphatic heterocycles. The lowest BCUT2D eigenvalue weighted by Gasteiger charge is -1.97. The Kier molecular flexibility index (Phi) is 3.17. The van der Waals surface area contributed by atoms with Gasteiger partial charge >= 0.3 is 0 Å². The molecule has 8 heteroatoms. The van der Waals surface area contributed by atoms with E-state index in [-0.39, 0.29) is 21.2 Å². The van der Waals surface area contributed by atoms with Crippen molar-refractivity contribution in [3.05, 3.63) is 11.1 Å². The Morgan fingerprint density at radius 3 is 2.43 bits per heavy atom. The molecular formula is C6H8BrNO4S2. The van der Waals surface area contributed by atoms with E-state index in [4.69, 9.17) is 0 Å². The number of halogens is 1. The summed E-state index contributed by atoms with van der Waals surface area (Å²) in [7, 11) is -6.75. The molecule has 80 valence electrons. The van der Waals surface area contributed by atoms with Gasteiger partial charge in [0, 0.05) is 5.75 Å². The highest BCUT2D eigenvalue weighted by atomic mass is 79.9. The number of rotatable bonds is 3. The van der Waals surface area contributed by atoms with E-state index < -0.39 is 19.7 Å². The molecule has 0 aromatic heterocycles. The van der Waals surface area contributed by atoms with Crippen LogP contribution in [0.25, 0.3) is 0 Å². The van der Waals surface area contributed by atoms with E-state index in [2.05, 4.69) is 20.9 Å². The zero-order valence-corrected chi connectivity index (χ0v) is 10.5. The van der Waals surface area contributed by atoms with Crippen LogP contribution in [-0.2, 0) is 19.7 Å². The van der Waals surface area contributed by atoms with E-state index in [1.165, 1.54) is 6.92 Å². The van der Waals surface area contributed by atoms with Crippen molar-refractivity contribution in [3.8, 4) is 0 Å². The maximum atomic E-state index is 11.2. The SMILES string of the molecule is CCS(=O)(=O)CC1=CS(=O)(=O)C(Br)=N1. The number of aliphatic imine (C=N–C) groups is 1. The summed E-state index contributed by atoms with van der Waals surface area (Å²) in [6.45, 7) is 1.50. The van der Waals surface area contributed by atoms with Gasteiger partial charge in [0.05, 0.1) is 16.9 Å². The van der Waals surface area contributed by atoms with Crippen molar-refractivity contribution >= 4 is 39.6 Å². The Bertz CT molecular complexity index is 500. The second kappa shape index (κ2) is 3.74. The van der Waals surface area contributed by atoms with Gasteiger partial charge in [-0.15, -0.1) is 0 Å². The minimum Gasteiger partial charge on any atom is -0.232 e. The molecule has 0 aromatic carbocycles. The highest BCUT2D eigenvalue weighted by Gasteiger charge is 2.24. The first-order valence-electron chi connectivity index (χ1n) is 3.67. The van der Waals surface area contributed by atoms with Crippen molar-refractivity contribution in [1.82, 2.24) is 0 Å². The molecule has 1 rings (SSSR count). The molecule has 0 saturated heterocycles. The maximum Gasteiger partial charge on any atom is 0.225 e. The van der Waals surface area contributed by atoms with E-state index in [9.17, 15) is 16.8 Å². The maximum absolute atomic E-state index is 11.2. The van der Waals surface area contributed by atoms with Crippen LogP contribution in [0.5, 0.6) is 0 Å². The average Bonchev–Trinajstić information content (AvgIpc) is 2.24. The molecule has 0 bridgehead atoms. The first kappa shape index (κ1) is 11.9. The molecule has 1 aliphatic rings. The normalized spacial score (nSPS) is 20.4. The van der Waals surface area contributed by atoms with Crippen molar-refractivity contribution in [2.24, 2.45) is 4.99 Å². The van der Waals surface area contributed by atoms with Gasteiger partial charge in [0.15, 0.2) is 9.84 Å². The number of nitrogens with zero attached hydrogens (tertiary/aromatic N) is 1. The van der Waals surface area contributed by atoms with Crippen LogP contribution in [0, 0.1) is 0 Å². The van der Waals surface area contributed by atoms with Crippen LogP contribution in [0.15, 0.2) is 16.1 Å². The van der Waals surface area contributed by atoms with Gasteiger partial charge in [-0.2, -0.15) is 0 Å². The predicted molar refractivity (Wildman–Crippen MR) is 57.7 cm³/mol. The molecule has 0 amide bonds. The zero-order valence-electron chi connectivity index (χ0n) is 7.27. The van der Waals surface area contributed by atoms with Crippen LogP contribution in [0.4, 0.5) is 0 Å². The topological polar surface area (TPSA) is 80.6 Å². The minimum atomic E-state index is -3.51. The van der Waals surface area contributed by atoms with Crippen molar-refractivity contribution < 1.29 is 16.8 Å². The van der Waals surface area contributed by atoms with E-state index in [1.807, 2.05) is 0 Å². The summed E-state index contributed by atoms with van der Waals surface area (Å²) in [5, 5.41) is 0.865. The minimum absolute atomic E-state index is 0.0302. The molecule has 1 heterocycles. The standard InChI is InChI=1S/C6H8BrNO4S2/c1-2-13(9,10)3-5-4-14(11,12)6(7)8-5/h4H,2-3H2,1H3. The molecule has 0 N–H and O–H groups in total. The lowest BCUT2D eigenvalue weighted by Crippen LogP contribution is -2.09. The van der Waals surface area contributed by atoms with Crippen molar-refractivity contribution in [2.75, 3.05) is 11.5 Å². The summed E-state index contributed by atoms with van der Waals surface area (Å²) >= 11 is 2.74. The Balaban J connectivity index is 2.98. The quantitative estimate of drug-likeness (QED) is 0.757. The largest absolute Gasteiger partial charge is 0.232 e. The van der Waals surface area contributed by atoms with Crippen LogP contribution in [0.3, 0.4) is 0 Å². The molecule has 0 spiro atoms. The summed E-state index contributed by atoms with van der Waals surface area (Å²) in [5.74, 6) is -0.366. The van der Waals surface area contributed by atoms with Gasteiger partial charge in [0.1, 0.15) is 0 Å². The molecule has 0 unspecified atom stereocenters. The van der Waals surface area contributed by atoms with Crippen LogP contribution < -0.4 is 0 Å². The third-order valence-corrected chi connectivity index (χ3v) is 5.85. The Morgan fingerprint density at radius 1 is 1.50 bits per heavy atom. The molecule has 5 nitrogen and oxygen atoms in total. The third-order valence-electron chi connectivity index (χ3n) is 1.57. The van der Waals surface area contributed by atoms with Crippen LogP contribution >= 0.6 is 15.9 Å². The highest BCUT2D eigenvalue weighted by molar-refractivity contribution is 9.21. The molecule has 0 saturated carbocycles. The summed E-state index contributed by atoms with van der Waals surface area (Å²) in [5.41, 5.74) is 0.0544. The molecule has 0 radical (unpaired) electrons. The van der Waals surface area contributed by atoms with Gasteiger partial charge in [-0.1, -0.05) is 6.92 Å². The smallest absolute Gasteiger partial charge is 0.225 e. The Hall–Kier alpha value is -0.210. The third kappa shape index (κ3) is 2.64. The summed E-state index contributed by atoms with van der Waals surface area (Å²) in [6.07, 6.45) is 0. The van der Waals surface area contributed by atoms with Gasteiger partial charge in [-0.3, -0.25) is 0 Å². The lowest BCUT2D eigenvalue weighted by atomic mass is 10.6. The summed E-state index contributed by atoms with van der Waals surface area (Å²) in [6, 6.07) is 0. The fraction of sp³-hybridized carbons (Fsp3) is 0.500. The zero-order chi connectivity index (χ0) is 11.0. The summed E-state index contributed by atoms with van der Waals surface area (Å²) < 4.78 is 44.3. The molecule has 0 aliphatic carbocycles. The lowest BCUT2D eigenvalue weighted by molar-refractivity contribution is 0.599. The van der Waals surface area contributed by atoms with Crippen molar-refractivity contribution in [2.45, 2.75) is 6.92 Å². The van der Waals surface area contributed by atoms with E-state index in [0.29, 0.717) is 0 Å². The van der Waals surface area contributed by atoms with Gasteiger partial charge in [0.25, 0.3) is 0 Å². The second-order valence-corrected chi connectivity index (χ2v) is 8.04. The first-order chi connectivity index (χ1) is 6.27. The predicted octanol–water partition coefficient (Wildman–Crippen LogP) is 0.442. The number of hydrogen-bond donors (Lipinski definition) is 0. The molecular weight excluding hydrogens is 294 g/mol. The Labute approximate surface area is 90.9 Å². The van der Waals surface area contributed by atoms with Gasteiger partial charge in [-0.05, 0) is 15.9 Å². The van der Waals surface area contributed by atoms with Crippen LogP contribution in [0.2, 0.25) is 0 Å². The van der Waals surface area contributed by atoms with Gasteiger partial charge in [-0.25, -0.2) is 21.8 Å². The molecule has 0 atom stereocenters. The Morgan fingerprint density at radius 2 is 2.07 bits per heavy atom. The fourth-order valence-electron chi connectivity index (χ4n) is 0.824. The van der Waals surface area contributed by atoms with Gasteiger partial charge < -0.3 is 0 Å². The fourth-order valence-corrected chi connectivity index (χ4v) is 3.08. The van der Waals surface area contributed by atoms with E-state index in [1.54, 1.807) is 0 Å². The van der Waals surface area contributed by atoms with Crippen LogP contribution in [-0.4, -0.2) is 32.3 Å². The number of hydrogen-bond acceptors (Lipinski definition) is 5. The molecule has 14 heavy (non-hydrogen) atoms. The van der Waals surface area contributed by atoms with Crippen molar-refractivity contribution in [3.63, 3.8) is 0 Å². The second-order valence-electron chi connectivity index (χ2n) is 2.70. The summed E-state index contributed by atoms with van der Waals surface area (Å²) in [4.78, 5) is 3.60. The monoisotopic (exact) mass is 301 g/mol. The molecule has 0 fully saturated rings. The van der Waals surface area contributed by atoms with E-state index >= 15 is 0 Å². The van der Waals surface area contributed by atoms with E-state index in [0.717, 1.165) is 5.41 Å². The van der Waals surface area contributed by atoms with Crippen LogP contribution in [0.1, 0.15) is 6.92 Å². The van der Waals surface area contributed by atoms with Crippen molar-refractivity contribution in [1.29, 1.82) is 0 Å².